The minimum Gasteiger partial charge on any atom is -0.491 e. The molecule has 0 aliphatic heterocycles. The number of nitrogens with one attached hydrogen (secondary N) is 2. The van der Waals surface area contributed by atoms with Crippen LogP contribution in [0.5, 0.6) is 5.75 Å². The summed E-state index contributed by atoms with van der Waals surface area (Å²) in [5.74, 6) is 2.31. The van der Waals surface area contributed by atoms with Crippen LogP contribution < -0.4 is 15.6 Å². The fraction of sp³-hybridized carbons (Fsp3) is 0.541. The summed E-state index contributed by atoms with van der Waals surface area (Å²) in [7, 11) is 6.06. The lowest BCUT2D eigenvalue weighted by molar-refractivity contribution is 0.136. The van der Waals surface area contributed by atoms with Crippen LogP contribution in [-0.2, 0) is 11.3 Å². The summed E-state index contributed by atoms with van der Waals surface area (Å²) in [6.45, 7) is 12.0. The molecule has 3 atom stereocenters. The van der Waals surface area contributed by atoms with Gasteiger partial charge in [-0.2, -0.15) is 0 Å². The van der Waals surface area contributed by atoms with Crippen LogP contribution in [0.2, 0.25) is 0 Å². The van der Waals surface area contributed by atoms with Crippen LogP contribution in [0.25, 0.3) is 11.1 Å². The van der Waals surface area contributed by atoms with Crippen LogP contribution in [0.1, 0.15) is 85.2 Å². The predicted molar refractivity (Wildman–Crippen MR) is 179 cm³/mol. The molecule has 44 heavy (non-hydrogen) atoms. The summed E-state index contributed by atoms with van der Waals surface area (Å²) in [6, 6.07) is 15.2. The van der Waals surface area contributed by atoms with E-state index in [4.69, 9.17) is 9.47 Å². The maximum Gasteiger partial charge on any atom is 0.252 e. The molecule has 4 rings (SSSR count). The predicted octanol–water partition coefficient (Wildman–Crippen LogP) is 6.63. The molecule has 7 heteroatoms. The van der Waals surface area contributed by atoms with Crippen molar-refractivity contribution in [3.05, 3.63) is 86.3 Å². The Labute approximate surface area is 264 Å². The highest BCUT2D eigenvalue weighted by Gasteiger charge is 2.31. The van der Waals surface area contributed by atoms with E-state index in [2.05, 4.69) is 74.3 Å². The third kappa shape index (κ3) is 8.19. The van der Waals surface area contributed by atoms with Crippen molar-refractivity contribution in [2.24, 2.45) is 11.8 Å². The summed E-state index contributed by atoms with van der Waals surface area (Å²) in [5, 5.41) is 14.8. The first-order chi connectivity index (χ1) is 21.0. The molecule has 1 aromatic heterocycles. The highest BCUT2D eigenvalue weighted by Crippen LogP contribution is 2.42. The van der Waals surface area contributed by atoms with Crippen molar-refractivity contribution >= 4 is 0 Å². The summed E-state index contributed by atoms with van der Waals surface area (Å²) in [5.41, 5.74) is 7.61. The van der Waals surface area contributed by atoms with Crippen LogP contribution in [0.3, 0.4) is 0 Å². The van der Waals surface area contributed by atoms with E-state index in [9.17, 15) is 9.90 Å². The van der Waals surface area contributed by atoms with Gasteiger partial charge in [-0.25, -0.2) is 0 Å². The van der Waals surface area contributed by atoms with Gasteiger partial charge in [0.15, 0.2) is 0 Å². The van der Waals surface area contributed by atoms with Crippen molar-refractivity contribution in [3.63, 3.8) is 0 Å². The average molecular weight is 604 g/mol. The molecule has 240 valence electrons. The molecule has 3 N–H and O–H groups in total. The number of hydrogen-bond acceptors (Lipinski definition) is 6. The van der Waals surface area contributed by atoms with Crippen molar-refractivity contribution in [1.29, 1.82) is 0 Å². The van der Waals surface area contributed by atoms with Gasteiger partial charge in [0.2, 0.25) is 0 Å². The second-order valence-corrected chi connectivity index (χ2v) is 13.1. The van der Waals surface area contributed by atoms with Gasteiger partial charge in [-0.15, -0.1) is 0 Å². The van der Waals surface area contributed by atoms with Gasteiger partial charge in [0.25, 0.3) is 5.56 Å². The lowest BCUT2D eigenvalue weighted by Gasteiger charge is -2.38. The van der Waals surface area contributed by atoms with E-state index in [0.717, 1.165) is 39.3 Å². The van der Waals surface area contributed by atoms with E-state index < -0.39 is 6.23 Å². The standard InChI is InChI=1S/C37H53N3O4/c1-23-19-24(2)39-37(42)35(23)22-38-36(41)34-21-30(29-11-15-32(16-12-29)44-18-17-43-8)20-33(27(34)5)26(4)25(3)28-9-13-31(14-10-28)40(6)7/h11-12,15-16,19-21,25-26,28,31,36,38,41H,9-10,13-14,17-18,22H2,1-8H3,(H,39,42). The summed E-state index contributed by atoms with van der Waals surface area (Å²) < 4.78 is 10.9. The Hall–Kier alpha value is -2.97. The Morgan fingerprint density at radius 1 is 0.955 bits per heavy atom. The minimum absolute atomic E-state index is 0.118. The molecule has 0 spiro atoms. The van der Waals surface area contributed by atoms with Crippen LogP contribution >= 0.6 is 0 Å². The van der Waals surface area contributed by atoms with Gasteiger partial charge < -0.3 is 24.5 Å². The smallest absolute Gasteiger partial charge is 0.252 e. The Balaban J connectivity index is 1.64. The van der Waals surface area contributed by atoms with Gasteiger partial charge in [-0.1, -0.05) is 32.0 Å². The normalized spacial score (nSPS) is 19.1. The van der Waals surface area contributed by atoms with E-state index in [1.807, 2.05) is 32.0 Å². The second-order valence-electron chi connectivity index (χ2n) is 13.1. The molecule has 7 nitrogen and oxygen atoms in total. The molecule has 2 aromatic carbocycles. The van der Waals surface area contributed by atoms with Gasteiger partial charge in [0.1, 0.15) is 18.6 Å². The molecule has 0 amide bonds. The SMILES string of the molecule is COCCOc1ccc(-c2cc(C(O)NCc3c(C)cc(C)[nH]c3=O)c(C)c(C(C)C(C)C3CCC(N(C)C)CC3)c2)cc1. The molecule has 1 saturated carbocycles. The molecule has 1 heterocycles. The number of nitrogens with zero attached hydrogens (tertiary/aromatic N) is 1. The molecular weight excluding hydrogens is 550 g/mol. The lowest BCUT2D eigenvalue weighted by atomic mass is 9.71. The third-order valence-electron chi connectivity index (χ3n) is 9.99. The van der Waals surface area contributed by atoms with Gasteiger partial charge in [0, 0.05) is 31.0 Å². The summed E-state index contributed by atoms with van der Waals surface area (Å²) in [4.78, 5) is 17.9. The molecule has 0 radical (unpaired) electrons. The maximum atomic E-state index is 12.7. The van der Waals surface area contributed by atoms with Gasteiger partial charge in [-0.3, -0.25) is 10.1 Å². The molecule has 0 bridgehead atoms. The molecule has 1 aliphatic rings. The molecule has 3 unspecified atom stereocenters. The Morgan fingerprint density at radius 3 is 2.23 bits per heavy atom. The zero-order chi connectivity index (χ0) is 32.0. The molecule has 1 aliphatic carbocycles. The summed E-state index contributed by atoms with van der Waals surface area (Å²) >= 11 is 0. The summed E-state index contributed by atoms with van der Waals surface area (Å²) in [6.07, 6.45) is 4.07. The van der Waals surface area contributed by atoms with Crippen LogP contribution in [-0.4, -0.2) is 55.5 Å². The number of aromatic amines is 1. The monoisotopic (exact) mass is 603 g/mol. The Kier molecular flexibility index (Phi) is 11.8. The fourth-order valence-corrected chi connectivity index (χ4v) is 6.92. The lowest BCUT2D eigenvalue weighted by Crippen LogP contribution is -2.34. The zero-order valence-electron chi connectivity index (χ0n) is 28.0. The minimum atomic E-state index is -0.927. The molecular formula is C37H53N3O4. The Morgan fingerprint density at radius 2 is 1.61 bits per heavy atom. The van der Waals surface area contributed by atoms with Crippen molar-refractivity contribution < 1.29 is 14.6 Å². The number of hydrogen-bond donors (Lipinski definition) is 3. The molecule has 1 fully saturated rings. The van der Waals surface area contributed by atoms with Gasteiger partial charge in [0.05, 0.1) is 6.61 Å². The number of aryl methyl sites for hydroxylation is 2. The number of aliphatic hydroxyl groups is 1. The number of methoxy groups -OCH3 is 1. The number of H-pyrrole nitrogens is 1. The van der Waals surface area contributed by atoms with Crippen LogP contribution in [0, 0.1) is 32.6 Å². The second kappa shape index (κ2) is 15.3. The number of rotatable bonds is 13. The maximum absolute atomic E-state index is 12.7. The van der Waals surface area contributed by atoms with E-state index >= 15 is 0 Å². The Bertz CT molecular complexity index is 1420. The number of aliphatic hydroxyl groups excluding tert-OH is 1. The highest BCUT2D eigenvalue weighted by molar-refractivity contribution is 5.67. The third-order valence-corrected chi connectivity index (χ3v) is 9.99. The zero-order valence-corrected chi connectivity index (χ0v) is 28.0. The first kappa shape index (κ1) is 33.9. The quantitative estimate of drug-likeness (QED) is 0.150. The van der Waals surface area contributed by atoms with E-state index in [1.54, 1.807) is 7.11 Å². The number of aromatic nitrogens is 1. The number of ether oxygens (including phenoxy) is 2. The van der Waals surface area contributed by atoms with E-state index in [-0.39, 0.29) is 12.1 Å². The first-order valence-electron chi connectivity index (χ1n) is 16.1. The highest BCUT2D eigenvalue weighted by atomic mass is 16.5. The van der Waals surface area contributed by atoms with E-state index in [1.165, 1.54) is 31.2 Å². The number of benzene rings is 2. The fourth-order valence-electron chi connectivity index (χ4n) is 6.92. The largest absolute Gasteiger partial charge is 0.491 e. The first-order valence-corrected chi connectivity index (χ1v) is 16.1. The van der Waals surface area contributed by atoms with E-state index in [0.29, 0.717) is 42.6 Å². The molecule has 0 saturated heterocycles. The molecule has 3 aromatic rings. The topological polar surface area (TPSA) is 86.8 Å². The van der Waals surface area contributed by atoms with Crippen molar-refractivity contribution in [1.82, 2.24) is 15.2 Å². The van der Waals surface area contributed by atoms with Gasteiger partial charge >= 0.3 is 0 Å². The van der Waals surface area contributed by atoms with Crippen LogP contribution in [0.15, 0.2) is 47.3 Å². The average Bonchev–Trinajstić information content (AvgIpc) is 3.00. The van der Waals surface area contributed by atoms with Crippen molar-refractivity contribution in [2.45, 2.75) is 85.0 Å². The number of pyridine rings is 1. The van der Waals surface area contributed by atoms with Gasteiger partial charge in [-0.05, 0) is 136 Å². The van der Waals surface area contributed by atoms with Crippen molar-refractivity contribution in [2.75, 3.05) is 34.4 Å². The van der Waals surface area contributed by atoms with Crippen LogP contribution in [0.4, 0.5) is 0 Å². The van der Waals surface area contributed by atoms with Crippen molar-refractivity contribution in [3.8, 4) is 16.9 Å².